The highest BCUT2D eigenvalue weighted by molar-refractivity contribution is 5.90. The van der Waals surface area contributed by atoms with E-state index < -0.39 is 0 Å². The minimum Gasteiger partial charge on any atom is -0.372 e. The topological polar surface area (TPSA) is 73.9 Å². The molecular weight excluding hydrogens is 435 g/mol. The van der Waals surface area contributed by atoms with Gasteiger partial charge in [0.15, 0.2) is 0 Å². The first-order valence-electron chi connectivity index (χ1n) is 12.0. The maximum absolute atomic E-state index is 14.8. The van der Waals surface area contributed by atoms with Crippen molar-refractivity contribution in [1.82, 2.24) is 10.2 Å². The number of ether oxygens (including phenoxy) is 1. The Bertz CT molecular complexity index is 993. The number of likely N-dealkylation sites (tertiary alicyclic amines) is 1. The van der Waals surface area contributed by atoms with Crippen LogP contribution >= 0.6 is 0 Å². The van der Waals surface area contributed by atoms with Crippen LogP contribution in [-0.2, 0) is 16.1 Å². The van der Waals surface area contributed by atoms with Crippen LogP contribution in [0, 0.1) is 11.7 Å². The Morgan fingerprint density at radius 3 is 2.50 bits per heavy atom. The number of rotatable bonds is 5. The number of carbonyl (C=O) groups is 2. The molecule has 4 rings (SSSR count). The molecule has 8 heteroatoms. The highest BCUT2D eigenvalue weighted by Crippen LogP contribution is 2.25. The second-order valence-electron chi connectivity index (χ2n) is 9.25. The lowest BCUT2D eigenvalue weighted by molar-refractivity contribution is -0.126. The van der Waals surface area contributed by atoms with Crippen molar-refractivity contribution in [3.05, 3.63) is 59.9 Å². The second-order valence-corrected chi connectivity index (χ2v) is 9.25. The van der Waals surface area contributed by atoms with Gasteiger partial charge in [0, 0.05) is 38.4 Å². The number of piperidine rings is 1. The average molecular weight is 469 g/mol. The summed E-state index contributed by atoms with van der Waals surface area (Å²) in [5.74, 6) is -0.692. The number of urea groups is 1. The number of hydrogen-bond acceptors (Lipinski definition) is 4. The number of hydrogen-bond donors (Lipinski definition) is 2. The summed E-state index contributed by atoms with van der Waals surface area (Å²) in [4.78, 5) is 29.1. The van der Waals surface area contributed by atoms with E-state index in [1.54, 1.807) is 11.0 Å². The lowest BCUT2D eigenvalue weighted by atomic mass is 9.97. The van der Waals surface area contributed by atoms with Gasteiger partial charge in [0.05, 0.1) is 23.8 Å². The number of morpholine rings is 1. The molecule has 3 unspecified atom stereocenters. The van der Waals surface area contributed by atoms with Gasteiger partial charge in [-0.3, -0.25) is 4.79 Å². The van der Waals surface area contributed by atoms with Crippen LogP contribution in [0.15, 0.2) is 48.5 Å². The number of nitrogens with zero attached hydrogens (tertiary/aromatic N) is 2. The third-order valence-electron chi connectivity index (χ3n) is 6.34. The van der Waals surface area contributed by atoms with Crippen LogP contribution in [0.25, 0.3) is 0 Å². The molecule has 0 saturated carbocycles. The van der Waals surface area contributed by atoms with E-state index in [1.807, 2.05) is 55.1 Å². The first kappa shape index (κ1) is 24.0. The quantitative estimate of drug-likeness (QED) is 0.696. The molecule has 2 aromatic rings. The minimum absolute atomic E-state index is 0.0481. The lowest BCUT2D eigenvalue weighted by Crippen LogP contribution is -2.46. The standard InChI is InChI=1S/C26H33FN4O3/c1-18-15-31(16-19(2)34-18)24-11-10-20(13-23(24)27)14-28-25(32)21-7-6-12-30(17-21)26(33)29-22-8-4-3-5-9-22/h3-5,8-11,13,18-19,21H,6-7,12,14-17H2,1-2H3,(H,28,32)(H,29,33). The van der Waals surface area contributed by atoms with E-state index in [0.29, 0.717) is 37.4 Å². The largest absolute Gasteiger partial charge is 0.372 e. The summed E-state index contributed by atoms with van der Waals surface area (Å²) in [6, 6.07) is 14.2. The van der Waals surface area contributed by atoms with Crippen molar-refractivity contribution in [3.8, 4) is 0 Å². The lowest BCUT2D eigenvalue weighted by Gasteiger charge is -2.37. The number of nitrogens with one attached hydrogen (secondary N) is 2. The number of para-hydroxylation sites is 1. The summed E-state index contributed by atoms with van der Waals surface area (Å²) in [7, 11) is 0. The van der Waals surface area contributed by atoms with Crippen LogP contribution in [-0.4, -0.2) is 55.2 Å². The van der Waals surface area contributed by atoms with Crippen LogP contribution in [0.2, 0.25) is 0 Å². The zero-order valence-electron chi connectivity index (χ0n) is 19.8. The number of benzene rings is 2. The van der Waals surface area contributed by atoms with Gasteiger partial charge in [-0.05, 0) is 56.5 Å². The predicted molar refractivity (Wildman–Crippen MR) is 130 cm³/mol. The van der Waals surface area contributed by atoms with Crippen molar-refractivity contribution in [1.29, 1.82) is 0 Å². The van der Waals surface area contributed by atoms with Crippen molar-refractivity contribution in [2.45, 2.75) is 45.4 Å². The molecule has 2 aliphatic heterocycles. The number of amides is 3. The Labute approximate surface area is 200 Å². The molecule has 0 aliphatic carbocycles. The summed E-state index contributed by atoms with van der Waals surface area (Å²) in [6.45, 7) is 6.50. The normalized spacial score (nSPS) is 22.9. The van der Waals surface area contributed by atoms with Crippen molar-refractivity contribution >= 4 is 23.3 Å². The zero-order chi connectivity index (χ0) is 24.1. The Morgan fingerprint density at radius 1 is 1.06 bits per heavy atom. The molecule has 2 aliphatic rings. The van der Waals surface area contributed by atoms with Crippen molar-refractivity contribution < 1.29 is 18.7 Å². The summed E-state index contributed by atoms with van der Waals surface area (Å²) in [6.07, 6.45) is 1.58. The second kappa shape index (κ2) is 10.9. The van der Waals surface area contributed by atoms with Crippen LogP contribution in [0.3, 0.4) is 0 Å². The number of carbonyl (C=O) groups excluding carboxylic acids is 2. The highest BCUT2D eigenvalue weighted by Gasteiger charge is 2.29. The monoisotopic (exact) mass is 468 g/mol. The van der Waals surface area contributed by atoms with E-state index in [4.69, 9.17) is 4.74 Å². The summed E-state index contributed by atoms with van der Waals surface area (Å²) >= 11 is 0. The number of halogens is 1. The molecule has 2 aromatic carbocycles. The minimum atomic E-state index is -0.297. The van der Waals surface area contributed by atoms with Crippen LogP contribution in [0.4, 0.5) is 20.6 Å². The predicted octanol–water partition coefficient (Wildman–Crippen LogP) is 4.00. The van der Waals surface area contributed by atoms with E-state index in [9.17, 15) is 14.0 Å². The van der Waals surface area contributed by atoms with Gasteiger partial charge in [-0.15, -0.1) is 0 Å². The molecule has 3 amide bonds. The van der Waals surface area contributed by atoms with Crippen molar-refractivity contribution in [2.24, 2.45) is 5.92 Å². The third-order valence-corrected chi connectivity index (χ3v) is 6.34. The van der Waals surface area contributed by atoms with Gasteiger partial charge in [0.2, 0.25) is 5.91 Å². The fraction of sp³-hybridized carbons (Fsp3) is 0.462. The molecule has 2 N–H and O–H groups in total. The van der Waals surface area contributed by atoms with Gasteiger partial charge in [-0.1, -0.05) is 24.3 Å². The highest BCUT2D eigenvalue weighted by atomic mass is 19.1. The molecule has 0 spiro atoms. The molecular formula is C26H33FN4O3. The molecule has 0 bridgehead atoms. The Hall–Kier alpha value is -3.13. The van der Waals surface area contributed by atoms with E-state index in [1.165, 1.54) is 6.07 Å². The summed E-state index contributed by atoms with van der Waals surface area (Å²) in [5.41, 5.74) is 1.99. The Morgan fingerprint density at radius 2 is 1.79 bits per heavy atom. The van der Waals surface area contributed by atoms with Gasteiger partial charge < -0.3 is 25.2 Å². The molecule has 0 aromatic heterocycles. The van der Waals surface area contributed by atoms with E-state index in [0.717, 1.165) is 18.5 Å². The molecule has 2 fully saturated rings. The first-order valence-corrected chi connectivity index (χ1v) is 12.0. The number of anilines is 2. The van der Waals surface area contributed by atoms with Gasteiger partial charge in [-0.25, -0.2) is 9.18 Å². The molecule has 182 valence electrons. The molecule has 2 heterocycles. The third kappa shape index (κ3) is 6.05. The average Bonchev–Trinajstić information content (AvgIpc) is 2.82. The van der Waals surface area contributed by atoms with Gasteiger partial charge in [0.1, 0.15) is 5.82 Å². The van der Waals surface area contributed by atoms with Crippen LogP contribution in [0.5, 0.6) is 0 Å². The maximum Gasteiger partial charge on any atom is 0.321 e. The van der Waals surface area contributed by atoms with Gasteiger partial charge in [0.25, 0.3) is 0 Å². The smallest absolute Gasteiger partial charge is 0.321 e. The van der Waals surface area contributed by atoms with Crippen molar-refractivity contribution in [3.63, 3.8) is 0 Å². The van der Waals surface area contributed by atoms with Gasteiger partial charge >= 0.3 is 6.03 Å². The van der Waals surface area contributed by atoms with E-state index in [-0.39, 0.29) is 42.4 Å². The fourth-order valence-electron chi connectivity index (χ4n) is 4.72. The molecule has 0 radical (unpaired) electrons. The summed E-state index contributed by atoms with van der Waals surface area (Å²) < 4.78 is 20.6. The SMILES string of the molecule is CC1CN(c2ccc(CNC(=O)C3CCCN(C(=O)Nc4ccccc4)C3)cc2F)CC(C)O1. The molecule has 7 nitrogen and oxygen atoms in total. The van der Waals surface area contributed by atoms with E-state index >= 15 is 0 Å². The van der Waals surface area contributed by atoms with E-state index in [2.05, 4.69) is 10.6 Å². The molecule has 34 heavy (non-hydrogen) atoms. The van der Waals surface area contributed by atoms with Crippen LogP contribution in [0.1, 0.15) is 32.3 Å². The zero-order valence-corrected chi connectivity index (χ0v) is 19.8. The maximum atomic E-state index is 14.8. The Kier molecular flexibility index (Phi) is 7.67. The summed E-state index contributed by atoms with van der Waals surface area (Å²) in [5, 5.41) is 5.80. The van der Waals surface area contributed by atoms with Crippen LogP contribution < -0.4 is 15.5 Å². The Balaban J connectivity index is 1.30. The fourth-order valence-corrected chi connectivity index (χ4v) is 4.72. The molecule has 2 saturated heterocycles. The first-order chi connectivity index (χ1) is 16.4. The van der Waals surface area contributed by atoms with Gasteiger partial charge in [-0.2, -0.15) is 0 Å². The molecule has 3 atom stereocenters. The van der Waals surface area contributed by atoms with Crippen molar-refractivity contribution in [2.75, 3.05) is 36.4 Å².